The number of carbonyl (C=O) groups is 1. The summed E-state index contributed by atoms with van der Waals surface area (Å²) in [5, 5.41) is 3.01. The third-order valence-electron chi connectivity index (χ3n) is 5.99. The number of imidazole rings is 1. The quantitative estimate of drug-likeness (QED) is 0.438. The Hall–Kier alpha value is -3.68. The van der Waals surface area contributed by atoms with Gasteiger partial charge in [-0.25, -0.2) is 4.98 Å². The summed E-state index contributed by atoms with van der Waals surface area (Å²) in [5.74, 6) is 0.734. The van der Waals surface area contributed by atoms with E-state index in [9.17, 15) is 4.79 Å². The Morgan fingerprint density at radius 1 is 1.00 bits per heavy atom. The third-order valence-corrected chi connectivity index (χ3v) is 5.99. The van der Waals surface area contributed by atoms with E-state index in [-0.39, 0.29) is 5.91 Å². The van der Waals surface area contributed by atoms with Crippen molar-refractivity contribution >= 4 is 16.9 Å². The molecular formula is C27H28N4O3. The molecule has 1 N–H and O–H groups in total. The molecule has 2 heterocycles. The monoisotopic (exact) mass is 456 g/mol. The van der Waals surface area contributed by atoms with Crippen LogP contribution in [0.4, 0.5) is 0 Å². The van der Waals surface area contributed by atoms with E-state index >= 15 is 0 Å². The van der Waals surface area contributed by atoms with Crippen LogP contribution in [-0.2, 0) is 11.3 Å². The van der Waals surface area contributed by atoms with Crippen LogP contribution in [0.15, 0.2) is 79.1 Å². The molecule has 0 radical (unpaired) electrons. The summed E-state index contributed by atoms with van der Waals surface area (Å²) in [6.07, 6.45) is 1.78. The molecular weight excluding hydrogens is 428 g/mol. The summed E-state index contributed by atoms with van der Waals surface area (Å²) in [4.78, 5) is 19.4. The van der Waals surface area contributed by atoms with Gasteiger partial charge in [0.15, 0.2) is 0 Å². The van der Waals surface area contributed by atoms with Gasteiger partial charge in [0.05, 0.1) is 24.2 Å². The van der Waals surface area contributed by atoms with Crippen LogP contribution in [0.1, 0.15) is 15.9 Å². The molecule has 4 aromatic rings. The second kappa shape index (κ2) is 10.5. The number of aromatic nitrogens is 2. The van der Waals surface area contributed by atoms with Gasteiger partial charge in [-0.05, 0) is 48.0 Å². The first-order valence-electron chi connectivity index (χ1n) is 11.6. The maximum atomic E-state index is 12.6. The topological polar surface area (TPSA) is 68.6 Å². The Balaban J connectivity index is 1.21. The molecule has 174 valence electrons. The lowest BCUT2D eigenvalue weighted by Gasteiger charge is -2.26. The van der Waals surface area contributed by atoms with Crippen molar-refractivity contribution in [2.24, 2.45) is 0 Å². The van der Waals surface area contributed by atoms with Gasteiger partial charge in [0.2, 0.25) is 0 Å². The van der Waals surface area contributed by atoms with Crippen LogP contribution in [-0.4, -0.2) is 59.8 Å². The fourth-order valence-corrected chi connectivity index (χ4v) is 4.06. The molecule has 5 rings (SSSR count). The number of hydrogen-bond donors (Lipinski definition) is 1. The fourth-order valence-electron chi connectivity index (χ4n) is 4.06. The highest BCUT2D eigenvalue weighted by atomic mass is 16.5. The van der Waals surface area contributed by atoms with Crippen molar-refractivity contribution in [3.8, 4) is 11.4 Å². The van der Waals surface area contributed by atoms with Gasteiger partial charge in [0, 0.05) is 37.4 Å². The largest absolute Gasteiger partial charge is 0.489 e. The molecule has 7 nitrogen and oxygen atoms in total. The molecule has 0 saturated carbocycles. The van der Waals surface area contributed by atoms with E-state index in [0.717, 1.165) is 60.9 Å². The minimum Gasteiger partial charge on any atom is -0.489 e. The Bertz CT molecular complexity index is 1230. The first-order valence-corrected chi connectivity index (χ1v) is 11.6. The summed E-state index contributed by atoms with van der Waals surface area (Å²) in [7, 11) is 0. The first kappa shape index (κ1) is 22.1. The lowest BCUT2D eigenvalue weighted by atomic mass is 10.2. The Labute approximate surface area is 198 Å². The molecule has 1 aliphatic rings. The summed E-state index contributed by atoms with van der Waals surface area (Å²) >= 11 is 0. The van der Waals surface area contributed by atoms with Crippen molar-refractivity contribution in [1.82, 2.24) is 19.8 Å². The molecule has 0 bridgehead atoms. The predicted octanol–water partition coefficient (Wildman–Crippen LogP) is 3.67. The minimum atomic E-state index is -0.0790. The molecule has 0 spiro atoms. The van der Waals surface area contributed by atoms with Gasteiger partial charge in [0.1, 0.15) is 18.7 Å². The molecule has 0 atom stereocenters. The van der Waals surface area contributed by atoms with Crippen LogP contribution in [0, 0.1) is 0 Å². The lowest BCUT2D eigenvalue weighted by molar-refractivity contribution is 0.0383. The van der Waals surface area contributed by atoms with Crippen LogP contribution in [0.25, 0.3) is 16.7 Å². The Kier molecular flexibility index (Phi) is 6.84. The number of nitrogens with zero attached hydrogens (tertiary/aromatic N) is 3. The van der Waals surface area contributed by atoms with E-state index < -0.39 is 0 Å². The molecule has 3 aromatic carbocycles. The molecule has 1 fully saturated rings. The molecule has 7 heteroatoms. The molecule has 34 heavy (non-hydrogen) atoms. The Morgan fingerprint density at radius 2 is 1.79 bits per heavy atom. The van der Waals surface area contributed by atoms with Crippen LogP contribution >= 0.6 is 0 Å². The van der Waals surface area contributed by atoms with Crippen LogP contribution in [0.3, 0.4) is 0 Å². The van der Waals surface area contributed by atoms with Gasteiger partial charge in [-0.3, -0.25) is 14.3 Å². The van der Waals surface area contributed by atoms with Crippen molar-refractivity contribution in [3.63, 3.8) is 0 Å². The van der Waals surface area contributed by atoms with Crippen molar-refractivity contribution in [2.75, 3.05) is 39.4 Å². The highest BCUT2D eigenvalue weighted by Crippen LogP contribution is 2.22. The van der Waals surface area contributed by atoms with Gasteiger partial charge in [-0.1, -0.05) is 30.3 Å². The van der Waals surface area contributed by atoms with Crippen LogP contribution < -0.4 is 10.1 Å². The number of ether oxygens (including phenoxy) is 2. The van der Waals surface area contributed by atoms with Crippen molar-refractivity contribution < 1.29 is 14.3 Å². The zero-order chi connectivity index (χ0) is 23.2. The van der Waals surface area contributed by atoms with Gasteiger partial charge in [-0.15, -0.1) is 0 Å². The van der Waals surface area contributed by atoms with Crippen molar-refractivity contribution in [1.29, 1.82) is 0 Å². The predicted molar refractivity (Wildman–Crippen MR) is 131 cm³/mol. The third kappa shape index (κ3) is 5.27. The first-order chi connectivity index (χ1) is 16.8. The van der Waals surface area contributed by atoms with E-state index in [2.05, 4.69) is 15.2 Å². The molecule has 0 aliphatic carbocycles. The molecule has 0 unspecified atom stereocenters. The fraction of sp³-hybridized carbons (Fsp3) is 0.259. The standard InChI is InChI=1S/C27H28N4O3/c32-27(28-12-13-30-14-16-33-17-15-30)22-6-11-26-25(18-22)29-20-31(26)23-7-9-24(10-8-23)34-19-21-4-2-1-3-5-21/h1-11,18,20H,12-17,19H2,(H,28,32). The van der Waals surface area contributed by atoms with E-state index in [1.54, 1.807) is 6.33 Å². The average molecular weight is 457 g/mol. The van der Waals surface area contributed by atoms with Gasteiger partial charge >= 0.3 is 0 Å². The van der Waals surface area contributed by atoms with Crippen LogP contribution in [0.5, 0.6) is 5.75 Å². The number of morpholine rings is 1. The highest BCUT2D eigenvalue weighted by molar-refractivity contribution is 5.97. The average Bonchev–Trinajstić information content (AvgIpc) is 3.32. The second-order valence-corrected chi connectivity index (χ2v) is 8.30. The number of amides is 1. The normalized spacial score (nSPS) is 14.2. The Morgan fingerprint density at radius 3 is 2.59 bits per heavy atom. The summed E-state index contributed by atoms with van der Waals surface area (Å²) in [6.45, 7) is 5.33. The van der Waals surface area contributed by atoms with E-state index in [4.69, 9.17) is 9.47 Å². The number of fused-ring (bicyclic) bond motifs is 1. The maximum Gasteiger partial charge on any atom is 0.251 e. The zero-order valence-electron chi connectivity index (χ0n) is 19.0. The number of benzene rings is 3. The summed E-state index contributed by atoms with van der Waals surface area (Å²) < 4.78 is 13.3. The number of nitrogens with one attached hydrogen (secondary N) is 1. The van der Waals surface area contributed by atoms with E-state index in [1.165, 1.54) is 0 Å². The van der Waals surface area contributed by atoms with Crippen molar-refractivity contribution in [3.05, 3.63) is 90.3 Å². The van der Waals surface area contributed by atoms with Gasteiger partial charge < -0.3 is 14.8 Å². The number of carbonyl (C=O) groups excluding carboxylic acids is 1. The number of rotatable bonds is 8. The molecule has 1 aliphatic heterocycles. The minimum absolute atomic E-state index is 0.0790. The number of hydrogen-bond acceptors (Lipinski definition) is 5. The zero-order valence-corrected chi connectivity index (χ0v) is 19.0. The molecule has 1 amide bonds. The second-order valence-electron chi connectivity index (χ2n) is 8.30. The SMILES string of the molecule is O=C(NCCN1CCOCC1)c1ccc2c(c1)ncn2-c1ccc(OCc2ccccc2)cc1. The maximum absolute atomic E-state index is 12.6. The van der Waals surface area contributed by atoms with Crippen LogP contribution in [0.2, 0.25) is 0 Å². The van der Waals surface area contributed by atoms with Gasteiger partial charge in [-0.2, -0.15) is 0 Å². The summed E-state index contributed by atoms with van der Waals surface area (Å²) in [5.41, 5.74) is 4.46. The lowest BCUT2D eigenvalue weighted by Crippen LogP contribution is -2.41. The van der Waals surface area contributed by atoms with Crippen molar-refractivity contribution in [2.45, 2.75) is 6.61 Å². The van der Waals surface area contributed by atoms with Gasteiger partial charge in [0.25, 0.3) is 5.91 Å². The summed E-state index contributed by atoms with van der Waals surface area (Å²) in [6, 6.07) is 23.7. The molecule has 1 saturated heterocycles. The molecule has 1 aromatic heterocycles. The van der Waals surface area contributed by atoms with E-state index in [1.807, 2.05) is 77.4 Å². The smallest absolute Gasteiger partial charge is 0.251 e. The highest BCUT2D eigenvalue weighted by Gasteiger charge is 2.13. The van der Waals surface area contributed by atoms with E-state index in [0.29, 0.717) is 18.7 Å².